The quantitative estimate of drug-likeness (QED) is 0.191. The van der Waals surface area contributed by atoms with E-state index in [1.807, 2.05) is 78.9 Å². The lowest BCUT2D eigenvalue weighted by atomic mass is 9.80. The van der Waals surface area contributed by atoms with Crippen LogP contribution in [0.2, 0.25) is 0 Å². The highest BCUT2D eigenvalue weighted by atomic mass is 16.6. The second-order valence-electron chi connectivity index (χ2n) is 10.2. The second kappa shape index (κ2) is 12.9. The average molecular weight is 591 g/mol. The highest BCUT2D eigenvalue weighted by Crippen LogP contribution is 2.42. The first-order valence-corrected chi connectivity index (χ1v) is 13.8. The van der Waals surface area contributed by atoms with E-state index >= 15 is 0 Å². The van der Waals surface area contributed by atoms with Crippen LogP contribution in [0.25, 0.3) is 0 Å². The number of ether oxygens (including phenoxy) is 4. The zero-order chi connectivity index (χ0) is 30.6. The molecule has 4 aromatic rings. The van der Waals surface area contributed by atoms with E-state index in [-0.39, 0.29) is 25.2 Å². The summed E-state index contributed by atoms with van der Waals surface area (Å²) in [5, 5.41) is 31.3. The zero-order valence-corrected chi connectivity index (χ0v) is 23.8. The average Bonchev–Trinajstić information content (AvgIpc) is 3.32. The maximum Gasteiger partial charge on any atom is 0.330 e. The molecule has 11 heteroatoms. The molecule has 11 nitrogen and oxygen atoms in total. The van der Waals surface area contributed by atoms with Gasteiger partial charge in [0.15, 0.2) is 6.23 Å². The van der Waals surface area contributed by atoms with Gasteiger partial charge in [0.2, 0.25) is 0 Å². The maximum atomic E-state index is 12.6. The molecular formula is C32H34N2O9. The Morgan fingerprint density at radius 1 is 0.837 bits per heavy atom. The molecule has 0 amide bonds. The summed E-state index contributed by atoms with van der Waals surface area (Å²) in [6, 6.07) is 24.4. The second-order valence-corrected chi connectivity index (χ2v) is 10.2. The van der Waals surface area contributed by atoms with Crippen molar-refractivity contribution in [1.82, 2.24) is 9.55 Å². The lowest BCUT2D eigenvalue weighted by Crippen LogP contribution is -2.40. The lowest BCUT2D eigenvalue weighted by molar-refractivity contribution is -0.0959. The molecule has 3 aromatic carbocycles. The van der Waals surface area contributed by atoms with Crippen molar-refractivity contribution in [2.24, 2.45) is 0 Å². The van der Waals surface area contributed by atoms with Crippen LogP contribution in [0, 0.1) is 0 Å². The Bertz CT molecular complexity index is 1570. The van der Waals surface area contributed by atoms with Crippen LogP contribution in [0.3, 0.4) is 0 Å². The number of benzene rings is 3. The predicted octanol–water partition coefficient (Wildman–Crippen LogP) is 1.72. The molecule has 1 aromatic heterocycles. The van der Waals surface area contributed by atoms with Crippen molar-refractivity contribution in [3.05, 3.63) is 128 Å². The van der Waals surface area contributed by atoms with Gasteiger partial charge >= 0.3 is 5.69 Å². The zero-order valence-electron chi connectivity index (χ0n) is 23.8. The third-order valence-electron chi connectivity index (χ3n) is 7.67. The summed E-state index contributed by atoms with van der Waals surface area (Å²) in [7, 11) is 3.17. The van der Waals surface area contributed by atoms with Crippen LogP contribution in [-0.2, 0) is 21.5 Å². The predicted molar refractivity (Wildman–Crippen MR) is 156 cm³/mol. The molecule has 1 aliphatic rings. The number of nitrogens with zero attached hydrogens (tertiary/aromatic N) is 1. The molecule has 0 bridgehead atoms. The fourth-order valence-corrected chi connectivity index (χ4v) is 5.39. The molecule has 0 spiro atoms. The molecule has 226 valence electrons. The fourth-order valence-electron chi connectivity index (χ4n) is 5.39. The van der Waals surface area contributed by atoms with Crippen molar-refractivity contribution < 1.29 is 34.3 Å². The van der Waals surface area contributed by atoms with E-state index in [0.29, 0.717) is 11.5 Å². The largest absolute Gasteiger partial charge is 0.497 e. The van der Waals surface area contributed by atoms with Gasteiger partial charge in [-0.25, -0.2) is 4.79 Å². The Morgan fingerprint density at radius 2 is 1.40 bits per heavy atom. The van der Waals surface area contributed by atoms with Crippen molar-refractivity contribution in [1.29, 1.82) is 0 Å². The van der Waals surface area contributed by atoms with Crippen LogP contribution in [0.15, 0.2) is 94.6 Å². The van der Waals surface area contributed by atoms with Gasteiger partial charge in [-0.2, -0.15) is 0 Å². The van der Waals surface area contributed by atoms with Crippen molar-refractivity contribution in [3.63, 3.8) is 0 Å². The Kier molecular flexibility index (Phi) is 9.09. The van der Waals surface area contributed by atoms with E-state index in [0.717, 1.165) is 21.3 Å². The minimum atomic E-state index is -1.51. The van der Waals surface area contributed by atoms with Gasteiger partial charge in [0.1, 0.15) is 35.4 Å². The molecule has 1 saturated heterocycles. The number of aliphatic hydroxyl groups excluding tert-OH is 3. The number of rotatable bonds is 11. The summed E-state index contributed by atoms with van der Waals surface area (Å²) in [5.41, 5.74) is -0.210. The van der Waals surface area contributed by atoms with Crippen LogP contribution < -0.4 is 20.7 Å². The molecule has 43 heavy (non-hydrogen) atoms. The van der Waals surface area contributed by atoms with Crippen molar-refractivity contribution in [2.75, 3.05) is 27.4 Å². The molecule has 5 rings (SSSR count). The van der Waals surface area contributed by atoms with Gasteiger partial charge in [-0.3, -0.25) is 14.3 Å². The Morgan fingerprint density at radius 3 is 1.93 bits per heavy atom. The minimum Gasteiger partial charge on any atom is -0.497 e. The third kappa shape index (κ3) is 5.85. The summed E-state index contributed by atoms with van der Waals surface area (Å²) in [6.45, 7) is -0.504. The van der Waals surface area contributed by atoms with Gasteiger partial charge in [0.25, 0.3) is 5.56 Å². The third-order valence-corrected chi connectivity index (χ3v) is 7.67. The van der Waals surface area contributed by atoms with E-state index in [1.165, 1.54) is 6.20 Å². The monoisotopic (exact) mass is 590 g/mol. The summed E-state index contributed by atoms with van der Waals surface area (Å²) >= 11 is 0. The van der Waals surface area contributed by atoms with Gasteiger partial charge in [-0.05, 0) is 41.0 Å². The Hall–Kier alpha value is -4.26. The standard InChI is InChI=1S/C32H34N2O9/c1-40-24-12-8-22(9-13-24)32(21-6-4-3-5-7-21,23-10-14-25(41-2)15-11-23)42-19-26-27(36)28(37)30(43-26)34-18-20(16-17-35)29(38)33-31(34)39/h3-15,18,26-28,30,35-37H,16-17,19H2,1-2H3,(H,33,38,39)/t26-,27-,28-,30-/m1/s1. The molecule has 2 heterocycles. The van der Waals surface area contributed by atoms with Crippen molar-refractivity contribution in [3.8, 4) is 11.5 Å². The van der Waals surface area contributed by atoms with Crippen LogP contribution in [-0.4, -0.2) is 70.6 Å². The molecular weight excluding hydrogens is 556 g/mol. The van der Waals surface area contributed by atoms with E-state index in [1.54, 1.807) is 14.2 Å². The highest BCUT2D eigenvalue weighted by molar-refractivity contribution is 5.49. The number of nitrogens with one attached hydrogen (secondary N) is 1. The SMILES string of the molecule is COc1ccc(C(OC[C@H]2O[C@@H](n3cc(CCO)c(=O)[nH]c3=O)[C@H](O)[C@@H]2O)(c2ccccc2)c2ccc(OC)cc2)cc1. The van der Waals surface area contributed by atoms with Crippen LogP contribution >= 0.6 is 0 Å². The van der Waals surface area contributed by atoms with Gasteiger partial charge in [-0.1, -0.05) is 54.6 Å². The first-order valence-electron chi connectivity index (χ1n) is 13.8. The number of methoxy groups -OCH3 is 2. The summed E-state index contributed by atoms with van der Waals surface area (Å²) in [5.74, 6) is 1.32. The molecule has 1 fully saturated rings. The molecule has 4 atom stereocenters. The van der Waals surface area contributed by atoms with Gasteiger partial charge in [0.05, 0.1) is 20.8 Å². The molecule has 4 N–H and O–H groups in total. The smallest absolute Gasteiger partial charge is 0.330 e. The van der Waals surface area contributed by atoms with Gasteiger partial charge < -0.3 is 34.3 Å². The normalized spacial score (nSPS) is 20.2. The molecule has 0 aliphatic carbocycles. The number of aliphatic hydroxyl groups is 3. The van der Waals surface area contributed by atoms with Gasteiger partial charge in [0, 0.05) is 24.8 Å². The van der Waals surface area contributed by atoms with E-state index in [2.05, 4.69) is 4.98 Å². The molecule has 0 unspecified atom stereocenters. The number of H-pyrrole nitrogens is 1. The number of aromatic nitrogens is 2. The number of hydrogen-bond donors (Lipinski definition) is 4. The lowest BCUT2D eigenvalue weighted by Gasteiger charge is -2.37. The minimum absolute atomic E-state index is 0.00314. The van der Waals surface area contributed by atoms with E-state index in [9.17, 15) is 24.9 Å². The number of aromatic amines is 1. The van der Waals surface area contributed by atoms with E-state index < -0.39 is 41.4 Å². The van der Waals surface area contributed by atoms with Crippen molar-refractivity contribution in [2.45, 2.75) is 36.6 Å². The first-order chi connectivity index (χ1) is 20.8. The van der Waals surface area contributed by atoms with Crippen molar-refractivity contribution >= 4 is 0 Å². The highest BCUT2D eigenvalue weighted by Gasteiger charge is 2.46. The summed E-state index contributed by atoms with van der Waals surface area (Å²) < 4.78 is 24.6. The first kappa shape index (κ1) is 30.2. The number of hydrogen-bond acceptors (Lipinski definition) is 9. The molecule has 0 saturated carbocycles. The maximum absolute atomic E-state index is 12.6. The van der Waals surface area contributed by atoms with Crippen LogP contribution in [0.5, 0.6) is 11.5 Å². The Labute approximate surface area is 247 Å². The van der Waals surface area contributed by atoms with Gasteiger partial charge in [-0.15, -0.1) is 0 Å². The molecule has 0 radical (unpaired) electrons. The van der Waals surface area contributed by atoms with E-state index in [4.69, 9.17) is 18.9 Å². The summed E-state index contributed by atoms with van der Waals surface area (Å²) in [4.78, 5) is 27.0. The van der Waals surface area contributed by atoms with Crippen LogP contribution in [0.4, 0.5) is 0 Å². The van der Waals surface area contributed by atoms with Crippen LogP contribution in [0.1, 0.15) is 28.5 Å². The summed E-state index contributed by atoms with van der Waals surface area (Å²) in [6.07, 6.45) is -4.07. The topological polar surface area (TPSA) is 152 Å². The Balaban J connectivity index is 1.54. The fraction of sp³-hybridized carbons (Fsp3) is 0.312. The molecule has 1 aliphatic heterocycles.